The first-order valence-corrected chi connectivity index (χ1v) is 11.2. The molecule has 1 amide bonds. The Balaban J connectivity index is 2.04. The number of halogens is 1. The van der Waals surface area contributed by atoms with E-state index in [-0.39, 0.29) is 29.7 Å². The molecule has 30 heavy (non-hydrogen) atoms. The van der Waals surface area contributed by atoms with Gasteiger partial charge in [-0.1, -0.05) is 0 Å². The van der Waals surface area contributed by atoms with Crippen molar-refractivity contribution in [1.82, 2.24) is 9.47 Å². The molecule has 0 saturated carbocycles. The standard InChI is InChI=1S/C22H27IN2O5/c1-5-29-20(27)17-13-25(18-9-8-14(23)11-16(18)19(17)26)15-7-6-10-24(12-15)21(28)30-22(2,3)4/h8-9,11,13,15H,5-7,10,12H2,1-4H3. The van der Waals surface area contributed by atoms with Crippen molar-refractivity contribution in [2.24, 2.45) is 0 Å². The molecule has 8 heteroatoms. The second kappa shape index (κ2) is 8.95. The van der Waals surface area contributed by atoms with Gasteiger partial charge in [0, 0.05) is 28.2 Å². The molecule has 1 aromatic carbocycles. The van der Waals surface area contributed by atoms with Crippen LogP contribution in [0.15, 0.2) is 29.2 Å². The van der Waals surface area contributed by atoms with Gasteiger partial charge in [-0.15, -0.1) is 0 Å². The van der Waals surface area contributed by atoms with Crippen molar-refractivity contribution >= 4 is 45.6 Å². The summed E-state index contributed by atoms with van der Waals surface area (Å²) in [5.74, 6) is -0.628. The van der Waals surface area contributed by atoms with Crippen LogP contribution in [0.5, 0.6) is 0 Å². The minimum atomic E-state index is -0.628. The second-order valence-electron chi connectivity index (χ2n) is 8.38. The van der Waals surface area contributed by atoms with Crippen LogP contribution in [0.4, 0.5) is 4.79 Å². The summed E-state index contributed by atoms with van der Waals surface area (Å²) in [5, 5.41) is 0.474. The Morgan fingerprint density at radius 3 is 2.67 bits per heavy atom. The maximum Gasteiger partial charge on any atom is 0.410 e. The number of amides is 1. The maximum absolute atomic E-state index is 13.0. The molecule has 1 saturated heterocycles. The second-order valence-corrected chi connectivity index (χ2v) is 9.63. The molecule has 1 atom stereocenters. The quantitative estimate of drug-likeness (QED) is 0.439. The van der Waals surface area contributed by atoms with Crippen molar-refractivity contribution in [2.75, 3.05) is 19.7 Å². The van der Waals surface area contributed by atoms with Gasteiger partial charge in [0.15, 0.2) is 0 Å². The van der Waals surface area contributed by atoms with E-state index in [2.05, 4.69) is 22.6 Å². The number of fused-ring (bicyclic) bond motifs is 1. The van der Waals surface area contributed by atoms with Gasteiger partial charge in [-0.2, -0.15) is 0 Å². The summed E-state index contributed by atoms with van der Waals surface area (Å²) >= 11 is 2.15. The first kappa shape index (κ1) is 22.6. The Kier molecular flexibility index (Phi) is 6.74. The van der Waals surface area contributed by atoms with Gasteiger partial charge in [-0.3, -0.25) is 4.79 Å². The molecule has 1 unspecified atom stereocenters. The van der Waals surface area contributed by atoms with E-state index < -0.39 is 11.6 Å². The van der Waals surface area contributed by atoms with E-state index in [4.69, 9.17) is 9.47 Å². The van der Waals surface area contributed by atoms with Crippen LogP contribution in [0.25, 0.3) is 10.9 Å². The largest absolute Gasteiger partial charge is 0.462 e. The number of carbonyl (C=O) groups excluding carboxylic acids is 2. The highest BCUT2D eigenvalue weighted by molar-refractivity contribution is 14.1. The van der Waals surface area contributed by atoms with Gasteiger partial charge < -0.3 is 18.9 Å². The maximum atomic E-state index is 13.0. The van der Waals surface area contributed by atoms with Crippen LogP contribution in [0.3, 0.4) is 0 Å². The van der Waals surface area contributed by atoms with E-state index in [1.807, 2.05) is 37.5 Å². The van der Waals surface area contributed by atoms with Crippen LogP contribution in [0.1, 0.15) is 56.9 Å². The van der Waals surface area contributed by atoms with E-state index in [0.717, 1.165) is 21.9 Å². The van der Waals surface area contributed by atoms with Gasteiger partial charge in [0.05, 0.1) is 18.2 Å². The molecular weight excluding hydrogens is 499 g/mol. The minimum absolute atomic E-state index is 0.0146. The summed E-state index contributed by atoms with van der Waals surface area (Å²) < 4.78 is 13.5. The van der Waals surface area contributed by atoms with Crippen LogP contribution in [-0.4, -0.2) is 46.8 Å². The van der Waals surface area contributed by atoms with Crippen LogP contribution in [-0.2, 0) is 9.47 Å². The number of pyridine rings is 1. The Hall–Kier alpha value is -2.10. The molecule has 1 aromatic heterocycles. The fraction of sp³-hybridized carbons (Fsp3) is 0.500. The molecule has 1 aliphatic rings. The van der Waals surface area contributed by atoms with Crippen LogP contribution < -0.4 is 5.43 Å². The molecule has 0 spiro atoms. The minimum Gasteiger partial charge on any atom is -0.462 e. The van der Waals surface area contributed by atoms with E-state index in [0.29, 0.717) is 18.5 Å². The monoisotopic (exact) mass is 526 g/mol. The molecule has 3 rings (SSSR count). The third-order valence-corrected chi connectivity index (χ3v) is 5.60. The summed E-state index contributed by atoms with van der Waals surface area (Å²) in [6.45, 7) is 8.49. The Bertz CT molecular complexity index is 1020. The van der Waals surface area contributed by atoms with Crippen molar-refractivity contribution in [3.8, 4) is 0 Å². The summed E-state index contributed by atoms with van der Waals surface area (Å²) in [7, 11) is 0. The van der Waals surface area contributed by atoms with Crippen molar-refractivity contribution in [3.63, 3.8) is 0 Å². The van der Waals surface area contributed by atoms with Gasteiger partial charge in [0.1, 0.15) is 11.2 Å². The molecule has 2 aromatic rings. The topological polar surface area (TPSA) is 77.8 Å². The molecule has 0 N–H and O–H groups in total. The van der Waals surface area contributed by atoms with Gasteiger partial charge in [-0.05, 0) is 81.3 Å². The fourth-order valence-electron chi connectivity index (χ4n) is 3.66. The highest BCUT2D eigenvalue weighted by Crippen LogP contribution is 2.27. The Morgan fingerprint density at radius 2 is 2.00 bits per heavy atom. The molecule has 7 nitrogen and oxygen atoms in total. The smallest absolute Gasteiger partial charge is 0.410 e. The van der Waals surface area contributed by atoms with Crippen LogP contribution >= 0.6 is 22.6 Å². The molecule has 1 aliphatic heterocycles. The van der Waals surface area contributed by atoms with Crippen LogP contribution in [0, 0.1) is 3.57 Å². The summed E-state index contributed by atoms with van der Waals surface area (Å²) in [6, 6.07) is 5.52. The average Bonchev–Trinajstić information content (AvgIpc) is 2.67. The van der Waals surface area contributed by atoms with Gasteiger partial charge in [0.25, 0.3) is 0 Å². The number of piperidine rings is 1. The molecule has 0 bridgehead atoms. The zero-order chi connectivity index (χ0) is 22.1. The summed E-state index contributed by atoms with van der Waals surface area (Å²) in [5.41, 5.74) is -0.148. The zero-order valence-electron chi connectivity index (χ0n) is 17.7. The average molecular weight is 526 g/mol. The zero-order valence-corrected chi connectivity index (χ0v) is 19.9. The number of esters is 1. The van der Waals surface area contributed by atoms with Crippen molar-refractivity contribution in [1.29, 1.82) is 0 Å². The van der Waals surface area contributed by atoms with Crippen molar-refractivity contribution in [3.05, 3.63) is 43.8 Å². The summed E-state index contributed by atoms with van der Waals surface area (Å²) in [6.07, 6.45) is 2.86. The van der Waals surface area contributed by atoms with Gasteiger partial charge in [0.2, 0.25) is 5.43 Å². The van der Waals surface area contributed by atoms with E-state index in [1.165, 1.54) is 0 Å². The van der Waals surface area contributed by atoms with E-state index >= 15 is 0 Å². The molecule has 162 valence electrons. The Morgan fingerprint density at radius 1 is 1.27 bits per heavy atom. The number of benzene rings is 1. The molecule has 0 radical (unpaired) electrons. The molecular formula is C22H27IN2O5. The lowest BCUT2D eigenvalue weighted by Gasteiger charge is -2.35. The number of nitrogens with zero attached hydrogens (tertiary/aromatic N) is 2. The Labute approximate surface area is 189 Å². The van der Waals surface area contributed by atoms with Gasteiger partial charge in [-0.25, -0.2) is 9.59 Å². The lowest BCUT2D eigenvalue weighted by Crippen LogP contribution is -2.43. The molecule has 2 heterocycles. The fourth-order valence-corrected chi connectivity index (χ4v) is 4.15. The molecule has 1 fully saturated rings. The number of aromatic nitrogens is 1. The predicted octanol–water partition coefficient (Wildman–Crippen LogP) is 4.35. The summed E-state index contributed by atoms with van der Waals surface area (Å²) in [4.78, 5) is 39.7. The number of rotatable bonds is 3. The molecule has 0 aliphatic carbocycles. The van der Waals surface area contributed by atoms with Crippen molar-refractivity contribution in [2.45, 2.75) is 52.2 Å². The number of carbonyl (C=O) groups is 2. The van der Waals surface area contributed by atoms with Gasteiger partial charge >= 0.3 is 12.1 Å². The first-order valence-electron chi connectivity index (χ1n) is 10.1. The highest BCUT2D eigenvalue weighted by atomic mass is 127. The number of ether oxygens (including phenoxy) is 2. The number of hydrogen-bond donors (Lipinski definition) is 0. The van der Waals surface area contributed by atoms with E-state index in [1.54, 1.807) is 24.1 Å². The highest BCUT2D eigenvalue weighted by Gasteiger charge is 2.29. The lowest BCUT2D eigenvalue weighted by atomic mass is 10.0. The third kappa shape index (κ3) is 4.96. The number of hydrogen-bond acceptors (Lipinski definition) is 5. The SMILES string of the molecule is CCOC(=O)c1cn(C2CCCN(C(=O)OC(C)(C)C)C2)c2ccc(I)cc2c1=O. The van der Waals surface area contributed by atoms with Crippen LogP contribution in [0.2, 0.25) is 0 Å². The van der Waals surface area contributed by atoms with E-state index in [9.17, 15) is 14.4 Å². The van der Waals surface area contributed by atoms with Crippen molar-refractivity contribution < 1.29 is 19.1 Å². The third-order valence-electron chi connectivity index (χ3n) is 4.93. The first-order chi connectivity index (χ1) is 14.1. The normalized spacial score (nSPS) is 17.1. The lowest BCUT2D eigenvalue weighted by molar-refractivity contribution is 0.0173. The number of likely N-dealkylation sites (tertiary alicyclic amines) is 1. The predicted molar refractivity (Wildman–Crippen MR) is 123 cm³/mol.